The summed E-state index contributed by atoms with van der Waals surface area (Å²) in [5, 5.41) is 11.8. The van der Waals surface area contributed by atoms with E-state index in [0.717, 1.165) is 77.5 Å². The van der Waals surface area contributed by atoms with E-state index in [4.69, 9.17) is 9.47 Å². The van der Waals surface area contributed by atoms with Gasteiger partial charge in [-0.3, -0.25) is 0 Å². The number of hydrogen-bond acceptors (Lipinski definition) is 5. The highest BCUT2D eigenvalue weighted by molar-refractivity contribution is 5.93. The zero-order chi connectivity index (χ0) is 35.6. The molecule has 6 aromatic rings. The summed E-state index contributed by atoms with van der Waals surface area (Å²) in [4.78, 5) is 11.5. The molecule has 51 heavy (non-hydrogen) atoms. The monoisotopic (exact) mass is 692 g/mol. The molecule has 0 radical (unpaired) electrons. The van der Waals surface area contributed by atoms with Crippen LogP contribution >= 0.6 is 0 Å². The van der Waals surface area contributed by atoms with Crippen LogP contribution in [0.3, 0.4) is 0 Å². The van der Waals surface area contributed by atoms with Gasteiger partial charge in [0.05, 0.1) is 44.9 Å². The molecule has 8 rings (SSSR count). The largest absolute Gasteiger partial charge is 0.496 e. The van der Waals surface area contributed by atoms with Crippen molar-refractivity contribution in [1.29, 1.82) is 0 Å². The number of fused-ring (bicyclic) bond motifs is 6. The molecule has 264 valence electrons. The van der Waals surface area contributed by atoms with Crippen molar-refractivity contribution in [3.63, 3.8) is 0 Å². The van der Waals surface area contributed by atoms with E-state index in [9.17, 15) is 18.7 Å². The summed E-state index contributed by atoms with van der Waals surface area (Å²) in [6.45, 7) is 2.69. The number of carbonyl (C=O) groups is 1. The molecule has 9 heteroatoms. The summed E-state index contributed by atoms with van der Waals surface area (Å²) < 4.78 is 48.6. The number of benzene rings is 4. The summed E-state index contributed by atoms with van der Waals surface area (Å²) in [6.07, 6.45) is 6.27. The van der Waals surface area contributed by atoms with Crippen molar-refractivity contribution in [2.24, 2.45) is 0 Å². The summed E-state index contributed by atoms with van der Waals surface area (Å²) in [5.41, 5.74) is 10.4. The smallest absolute Gasteiger partial charge is 0.343 e. The number of ether oxygens (including phenoxy) is 3. The Morgan fingerprint density at radius 1 is 0.745 bits per heavy atom. The molecule has 2 aromatic heterocycles. The Kier molecular flexibility index (Phi) is 9.82. The topological polar surface area (TPSA) is 74.8 Å². The Morgan fingerprint density at radius 3 is 1.86 bits per heavy atom. The highest BCUT2D eigenvalue weighted by Gasteiger charge is 2.24. The molecule has 0 unspecified atom stereocenters. The lowest BCUT2D eigenvalue weighted by Gasteiger charge is -2.14. The number of aryl methyl sites for hydroxylation is 5. The average molecular weight is 693 g/mol. The molecule has 2 aliphatic rings. The maximum absolute atomic E-state index is 14.2. The first-order valence-corrected chi connectivity index (χ1v) is 17.4. The fraction of sp³-hybridized carbons (Fsp3) is 0.310. The molecule has 2 aliphatic carbocycles. The molecule has 1 N–H and O–H groups in total. The van der Waals surface area contributed by atoms with Crippen LogP contribution in [0.25, 0.3) is 21.8 Å². The van der Waals surface area contributed by atoms with Gasteiger partial charge < -0.3 is 28.5 Å². The molecule has 0 amide bonds. The van der Waals surface area contributed by atoms with Gasteiger partial charge in [0.25, 0.3) is 0 Å². The van der Waals surface area contributed by atoms with Crippen LogP contribution in [0.5, 0.6) is 11.5 Å². The van der Waals surface area contributed by atoms with Gasteiger partial charge in [-0.1, -0.05) is 36.4 Å². The van der Waals surface area contributed by atoms with Gasteiger partial charge in [0, 0.05) is 33.3 Å². The van der Waals surface area contributed by atoms with E-state index in [0.29, 0.717) is 30.0 Å². The first-order chi connectivity index (χ1) is 24.8. The van der Waals surface area contributed by atoms with Crippen LogP contribution in [0.1, 0.15) is 57.6 Å². The highest BCUT2D eigenvalue weighted by Crippen LogP contribution is 2.40. The third-order valence-corrected chi connectivity index (χ3v) is 10.2. The molecule has 0 saturated carbocycles. The third kappa shape index (κ3) is 6.58. The van der Waals surface area contributed by atoms with Crippen LogP contribution < -0.4 is 9.47 Å². The minimum Gasteiger partial charge on any atom is -0.496 e. The maximum atomic E-state index is 14.2. The van der Waals surface area contributed by atoms with Crippen LogP contribution in [0.15, 0.2) is 72.8 Å². The van der Waals surface area contributed by atoms with E-state index < -0.39 is 5.97 Å². The molecular weight excluding hydrogens is 650 g/mol. The SMILES string of the molecule is COC(=O)COc1cc2c(c3c1cc(C)n3Cc1ccccc1F)CCC2.COc1cc2c(c3c1cc(CO)n3Cc1ccccc1F)CCC2. The molecule has 0 bridgehead atoms. The predicted molar refractivity (Wildman–Crippen MR) is 194 cm³/mol. The second-order valence-corrected chi connectivity index (χ2v) is 13.3. The highest BCUT2D eigenvalue weighted by atomic mass is 19.1. The maximum Gasteiger partial charge on any atom is 0.343 e. The molecule has 4 aromatic carbocycles. The quantitative estimate of drug-likeness (QED) is 0.156. The van der Waals surface area contributed by atoms with Crippen molar-refractivity contribution in [3.8, 4) is 11.5 Å². The van der Waals surface area contributed by atoms with Crippen LogP contribution in [-0.2, 0) is 54.9 Å². The molecule has 0 aliphatic heterocycles. The Balaban J connectivity index is 0.000000160. The van der Waals surface area contributed by atoms with Gasteiger partial charge in [-0.2, -0.15) is 0 Å². The number of aromatic nitrogens is 2. The number of esters is 1. The van der Waals surface area contributed by atoms with Crippen LogP contribution in [0, 0.1) is 18.6 Å². The summed E-state index contributed by atoms with van der Waals surface area (Å²) in [7, 11) is 3.02. The van der Waals surface area contributed by atoms with E-state index in [1.54, 1.807) is 25.3 Å². The van der Waals surface area contributed by atoms with Crippen molar-refractivity contribution < 1.29 is 32.9 Å². The molecular formula is C42H42F2N2O5. The number of rotatable bonds is 9. The van der Waals surface area contributed by atoms with Gasteiger partial charge in [-0.15, -0.1) is 0 Å². The summed E-state index contributed by atoms with van der Waals surface area (Å²) in [5.74, 6) is 0.682. The second kappa shape index (κ2) is 14.6. The molecule has 2 heterocycles. The second-order valence-electron chi connectivity index (χ2n) is 13.3. The number of nitrogens with zero attached hydrogens (tertiary/aromatic N) is 2. The minimum atomic E-state index is -0.411. The lowest BCUT2D eigenvalue weighted by Crippen LogP contribution is -2.13. The molecule has 0 spiro atoms. The Hall–Kier alpha value is -5.15. The van der Waals surface area contributed by atoms with Gasteiger partial charge in [0.2, 0.25) is 0 Å². The van der Waals surface area contributed by atoms with E-state index in [1.165, 1.54) is 41.5 Å². The number of aliphatic hydroxyl groups excluding tert-OH is 1. The van der Waals surface area contributed by atoms with Crippen LogP contribution in [0.4, 0.5) is 8.78 Å². The lowest BCUT2D eigenvalue weighted by atomic mass is 10.1. The first-order valence-electron chi connectivity index (χ1n) is 17.4. The van der Waals surface area contributed by atoms with Crippen molar-refractivity contribution in [2.75, 3.05) is 20.8 Å². The fourth-order valence-corrected chi connectivity index (χ4v) is 7.76. The molecule has 0 fully saturated rings. The van der Waals surface area contributed by atoms with Gasteiger partial charge in [0.15, 0.2) is 6.61 Å². The summed E-state index contributed by atoms with van der Waals surface area (Å²) >= 11 is 0. The van der Waals surface area contributed by atoms with Crippen molar-refractivity contribution in [1.82, 2.24) is 9.13 Å². The third-order valence-electron chi connectivity index (χ3n) is 10.2. The predicted octanol–water partition coefficient (Wildman–Crippen LogP) is 8.00. The summed E-state index contributed by atoms with van der Waals surface area (Å²) in [6, 6.07) is 21.9. The first kappa shape index (κ1) is 34.3. The van der Waals surface area contributed by atoms with Crippen LogP contribution in [-0.4, -0.2) is 41.0 Å². The van der Waals surface area contributed by atoms with Gasteiger partial charge in [0.1, 0.15) is 23.1 Å². The van der Waals surface area contributed by atoms with E-state index in [-0.39, 0.29) is 24.8 Å². The fourth-order valence-electron chi connectivity index (χ4n) is 7.76. The van der Waals surface area contributed by atoms with E-state index in [2.05, 4.69) is 21.4 Å². The average Bonchev–Trinajstić information content (AvgIpc) is 3.94. The van der Waals surface area contributed by atoms with E-state index >= 15 is 0 Å². The number of hydrogen-bond donors (Lipinski definition) is 1. The Bertz CT molecular complexity index is 2250. The standard InChI is InChI=1S/C22H22FNO3.C20H20FNO2/c1-14-10-18-20(27-13-21(25)26-2)11-15-7-5-8-17(15)22(18)24(14)12-16-6-3-4-9-19(16)23;1-24-19-9-13-6-4-7-16(13)20-17(19)10-15(12-23)22(20)11-14-5-2-3-8-18(14)21/h3-4,6,9-11H,5,7-8,12-13H2,1-2H3;2-3,5,8-10,23H,4,6-7,11-12H2,1H3. The molecule has 7 nitrogen and oxygen atoms in total. The van der Waals surface area contributed by atoms with Crippen molar-refractivity contribution in [3.05, 3.63) is 129 Å². The van der Waals surface area contributed by atoms with E-state index in [1.807, 2.05) is 41.8 Å². The zero-order valence-electron chi connectivity index (χ0n) is 29.2. The van der Waals surface area contributed by atoms with Crippen molar-refractivity contribution in [2.45, 2.75) is 65.1 Å². The molecule has 0 saturated heterocycles. The number of carbonyl (C=O) groups excluding carboxylic acids is 1. The molecule has 0 atom stereocenters. The number of methoxy groups -OCH3 is 2. The number of halogens is 2. The van der Waals surface area contributed by atoms with Crippen LogP contribution in [0.2, 0.25) is 0 Å². The van der Waals surface area contributed by atoms with Gasteiger partial charge >= 0.3 is 5.97 Å². The normalized spacial score (nSPS) is 13.2. The number of aliphatic hydroxyl groups is 1. The van der Waals surface area contributed by atoms with Crippen molar-refractivity contribution >= 4 is 27.8 Å². The minimum absolute atomic E-state index is 0.0823. The van der Waals surface area contributed by atoms with Gasteiger partial charge in [-0.25, -0.2) is 13.6 Å². The van der Waals surface area contributed by atoms with Gasteiger partial charge in [-0.05, 0) is 104 Å². The lowest BCUT2D eigenvalue weighted by molar-refractivity contribution is -0.142. The zero-order valence-corrected chi connectivity index (χ0v) is 29.2. The Morgan fingerprint density at radius 2 is 1.29 bits per heavy atom. The Labute approximate surface area is 296 Å².